The molecule has 15 heavy (non-hydrogen) atoms. The summed E-state index contributed by atoms with van der Waals surface area (Å²) in [5, 5.41) is 0.131. The van der Waals surface area contributed by atoms with Crippen LogP contribution in [0.25, 0.3) is 0 Å². The molecule has 0 aliphatic carbocycles. The summed E-state index contributed by atoms with van der Waals surface area (Å²) in [6, 6.07) is -0.0152. The van der Waals surface area contributed by atoms with Crippen molar-refractivity contribution in [2.24, 2.45) is 0 Å². The molecule has 0 saturated heterocycles. The third-order valence-electron chi connectivity index (χ3n) is 2.28. The zero-order valence-corrected chi connectivity index (χ0v) is 10.1. The van der Waals surface area contributed by atoms with Crippen molar-refractivity contribution < 1.29 is 8.42 Å². The average molecular weight is 231 g/mol. The second-order valence-electron chi connectivity index (χ2n) is 3.47. The molecule has 0 aliphatic heterocycles. The number of imidazole rings is 1. The van der Waals surface area contributed by atoms with Crippen LogP contribution in [0.4, 0.5) is 0 Å². The minimum atomic E-state index is -3.43. The summed E-state index contributed by atoms with van der Waals surface area (Å²) in [6.45, 7) is 5.62. The van der Waals surface area contributed by atoms with Crippen LogP contribution < -0.4 is 4.72 Å². The number of aromatic amines is 1. The lowest BCUT2D eigenvalue weighted by Gasteiger charge is -2.13. The molecule has 5 nitrogen and oxygen atoms in total. The summed E-state index contributed by atoms with van der Waals surface area (Å²) in [6.07, 6.45) is 2.89. The lowest BCUT2D eigenvalue weighted by atomic mass is 10.2. The quantitative estimate of drug-likeness (QED) is 0.799. The zero-order valence-electron chi connectivity index (χ0n) is 9.24. The van der Waals surface area contributed by atoms with Crippen LogP contribution in [-0.4, -0.2) is 24.4 Å². The van der Waals surface area contributed by atoms with Gasteiger partial charge in [0.25, 0.3) is 10.0 Å². The first kappa shape index (κ1) is 12.2. The van der Waals surface area contributed by atoms with Crippen LogP contribution in [-0.2, 0) is 10.0 Å². The molecule has 0 aliphatic rings. The van der Waals surface area contributed by atoms with Crippen molar-refractivity contribution in [3.8, 4) is 0 Å². The van der Waals surface area contributed by atoms with E-state index in [9.17, 15) is 8.42 Å². The third kappa shape index (κ3) is 3.04. The van der Waals surface area contributed by atoms with Crippen molar-refractivity contribution >= 4 is 10.0 Å². The van der Waals surface area contributed by atoms with Crippen molar-refractivity contribution in [2.75, 3.05) is 0 Å². The number of aromatic nitrogens is 2. The van der Waals surface area contributed by atoms with Crippen LogP contribution in [0, 0.1) is 6.92 Å². The fourth-order valence-electron chi connectivity index (χ4n) is 1.27. The fraction of sp³-hybridized carbons (Fsp3) is 0.667. The van der Waals surface area contributed by atoms with E-state index >= 15 is 0 Å². The maximum atomic E-state index is 11.8. The van der Waals surface area contributed by atoms with E-state index in [0.29, 0.717) is 5.82 Å². The molecule has 0 fully saturated rings. The Hall–Kier alpha value is -0.880. The highest BCUT2D eigenvalue weighted by molar-refractivity contribution is 7.89. The van der Waals surface area contributed by atoms with E-state index in [1.807, 2.05) is 13.8 Å². The first-order valence-corrected chi connectivity index (χ1v) is 6.51. The van der Waals surface area contributed by atoms with Crippen LogP contribution in [0.5, 0.6) is 0 Å². The van der Waals surface area contributed by atoms with Gasteiger partial charge in [0.2, 0.25) is 0 Å². The smallest absolute Gasteiger partial charge is 0.257 e. The third-order valence-corrected chi connectivity index (χ3v) is 3.71. The van der Waals surface area contributed by atoms with Gasteiger partial charge in [-0.25, -0.2) is 18.1 Å². The Balaban J connectivity index is 2.84. The van der Waals surface area contributed by atoms with E-state index in [-0.39, 0.29) is 11.1 Å². The Morgan fingerprint density at radius 3 is 2.47 bits per heavy atom. The second kappa shape index (κ2) is 4.76. The maximum absolute atomic E-state index is 11.8. The summed E-state index contributed by atoms with van der Waals surface area (Å²) >= 11 is 0. The molecule has 0 radical (unpaired) electrons. The van der Waals surface area contributed by atoms with E-state index in [4.69, 9.17) is 0 Å². The Bertz CT molecular complexity index is 407. The van der Waals surface area contributed by atoms with Gasteiger partial charge in [-0.1, -0.05) is 13.8 Å². The van der Waals surface area contributed by atoms with Crippen LogP contribution in [0.15, 0.2) is 11.2 Å². The SMILES string of the molecule is CCC(CC)NS(=O)(=O)c1cnc(C)[nH]1. The van der Waals surface area contributed by atoms with E-state index < -0.39 is 10.0 Å². The lowest BCUT2D eigenvalue weighted by molar-refractivity contribution is 0.528. The van der Waals surface area contributed by atoms with Gasteiger partial charge in [-0.05, 0) is 19.8 Å². The summed E-state index contributed by atoms with van der Waals surface area (Å²) in [7, 11) is -3.43. The van der Waals surface area contributed by atoms with Crippen LogP contribution >= 0.6 is 0 Å². The summed E-state index contributed by atoms with van der Waals surface area (Å²) in [5.41, 5.74) is 0. The van der Waals surface area contributed by atoms with Gasteiger partial charge in [0.1, 0.15) is 5.82 Å². The lowest BCUT2D eigenvalue weighted by Crippen LogP contribution is -2.34. The average Bonchev–Trinajstić information content (AvgIpc) is 2.62. The summed E-state index contributed by atoms with van der Waals surface area (Å²) in [5.74, 6) is 0.597. The Morgan fingerprint density at radius 1 is 1.47 bits per heavy atom. The van der Waals surface area contributed by atoms with E-state index in [1.165, 1.54) is 6.20 Å². The highest BCUT2D eigenvalue weighted by Gasteiger charge is 2.19. The molecular formula is C9H17N3O2S. The van der Waals surface area contributed by atoms with Crippen LogP contribution in [0.3, 0.4) is 0 Å². The first-order chi connectivity index (χ1) is 6.99. The minimum absolute atomic E-state index is 0.0152. The molecule has 1 aromatic rings. The molecule has 0 unspecified atom stereocenters. The van der Waals surface area contributed by atoms with Gasteiger partial charge >= 0.3 is 0 Å². The highest BCUT2D eigenvalue weighted by atomic mass is 32.2. The number of nitrogens with zero attached hydrogens (tertiary/aromatic N) is 1. The fourth-order valence-corrected chi connectivity index (χ4v) is 2.65. The van der Waals surface area contributed by atoms with Crippen molar-refractivity contribution in [2.45, 2.75) is 44.7 Å². The van der Waals surface area contributed by atoms with Crippen LogP contribution in [0.2, 0.25) is 0 Å². The Kier molecular flexibility index (Phi) is 3.87. The van der Waals surface area contributed by atoms with Gasteiger partial charge in [0.15, 0.2) is 5.03 Å². The molecule has 0 saturated carbocycles. The molecule has 0 aromatic carbocycles. The van der Waals surface area contributed by atoms with E-state index in [2.05, 4.69) is 14.7 Å². The predicted molar refractivity (Wildman–Crippen MR) is 58.0 cm³/mol. The number of hydrogen-bond acceptors (Lipinski definition) is 3. The molecule has 0 bridgehead atoms. The van der Waals surface area contributed by atoms with Gasteiger partial charge in [-0.2, -0.15) is 0 Å². The van der Waals surface area contributed by atoms with Gasteiger partial charge in [-0.15, -0.1) is 0 Å². The Morgan fingerprint density at radius 2 is 2.07 bits per heavy atom. The summed E-state index contributed by atoms with van der Waals surface area (Å²) < 4.78 is 26.2. The molecule has 1 aromatic heterocycles. The van der Waals surface area contributed by atoms with Crippen molar-refractivity contribution in [3.05, 3.63) is 12.0 Å². The Labute approximate surface area is 90.4 Å². The molecule has 1 rings (SSSR count). The molecule has 6 heteroatoms. The number of hydrogen-bond donors (Lipinski definition) is 2. The van der Waals surface area contributed by atoms with Crippen molar-refractivity contribution in [1.29, 1.82) is 0 Å². The van der Waals surface area contributed by atoms with Crippen molar-refractivity contribution in [3.63, 3.8) is 0 Å². The van der Waals surface area contributed by atoms with Gasteiger partial charge < -0.3 is 4.98 Å². The second-order valence-corrected chi connectivity index (χ2v) is 5.15. The van der Waals surface area contributed by atoms with Crippen LogP contribution in [0.1, 0.15) is 32.5 Å². The molecular weight excluding hydrogens is 214 g/mol. The number of rotatable bonds is 5. The van der Waals surface area contributed by atoms with Gasteiger partial charge in [-0.3, -0.25) is 0 Å². The number of sulfonamides is 1. The van der Waals surface area contributed by atoms with Gasteiger partial charge in [0.05, 0.1) is 6.20 Å². The number of nitrogens with one attached hydrogen (secondary N) is 2. The monoisotopic (exact) mass is 231 g/mol. The topological polar surface area (TPSA) is 74.8 Å². The summed E-state index contributed by atoms with van der Waals surface area (Å²) in [4.78, 5) is 6.58. The van der Waals surface area contributed by atoms with E-state index in [1.54, 1.807) is 6.92 Å². The molecule has 86 valence electrons. The highest BCUT2D eigenvalue weighted by Crippen LogP contribution is 2.08. The molecule has 1 heterocycles. The van der Waals surface area contributed by atoms with Crippen molar-refractivity contribution in [1.82, 2.24) is 14.7 Å². The van der Waals surface area contributed by atoms with E-state index in [0.717, 1.165) is 12.8 Å². The largest absolute Gasteiger partial charge is 0.332 e. The predicted octanol–water partition coefficient (Wildman–Crippen LogP) is 1.19. The molecule has 0 amide bonds. The normalized spacial score (nSPS) is 12.3. The first-order valence-electron chi connectivity index (χ1n) is 5.03. The maximum Gasteiger partial charge on any atom is 0.257 e. The van der Waals surface area contributed by atoms with Gasteiger partial charge in [0, 0.05) is 6.04 Å². The molecule has 0 spiro atoms. The minimum Gasteiger partial charge on any atom is -0.332 e. The number of aryl methyl sites for hydroxylation is 1. The standard InChI is InChI=1S/C9H17N3O2S/c1-4-8(5-2)12-15(13,14)9-6-10-7(3)11-9/h6,8,12H,4-5H2,1-3H3,(H,10,11). The zero-order chi connectivity index (χ0) is 11.5. The number of H-pyrrole nitrogens is 1. The molecule has 2 N–H and O–H groups in total. The molecule has 0 atom stereocenters.